The third-order valence-corrected chi connectivity index (χ3v) is 15.9. The number of benzene rings is 7. The molecule has 0 bridgehead atoms. The Morgan fingerprint density at radius 3 is 1.49 bits per heavy atom. The van der Waals surface area contributed by atoms with Crippen molar-refractivity contribution in [3.8, 4) is 22.3 Å². The standard InChI is InChI=1S/C65H73BN2/c1-41(2)44-33-57-59-58(34-44)68(60-49(42-23-18-16-19-24-42)36-47(63(9,10)11)37-50(60)43-25-20-17-21-26-43)56-40-52-51(64(12,13)31-32-65(52,14)15)39-54(56)66(59)53-30-29-46(62(6,7)8)38-55(53)67(57)48-28-22-27-45(35-48)61(3,4)5/h16-30,33-41H,31-32H2,1-15H3. The van der Waals surface area contributed by atoms with Crippen molar-refractivity contribution in [2.24, 2.45) is 0 Å². The van der Waals surface area contributed by atoms with E-state index in [0.717, 1.165) is 12.8 Å². The number of hydrogen-bond acceptors (Lipinski definition) is 2. The van der Waals surface area contributed by atoms with Gasteiger partial charge in [0.05, 0.1) is 5.69 Å². The average Bonchev–Trinajstić information content (AvgIpc) is 3.29. The Bertz CT molecular complexity index is 3030. The predicted molar refractivity (Wildman–Crippen MR) is 297 cm³/mol. The Morgan fingerprint density at radius 1 is 0.456 bits per heavy atom. The summed E-state index contributed by atoms with van der Waals surface area (Å²) in [5.74, 6) is 0.289. The quantitative estimate of drug-likeness (QED) is 0.159. The van der Waals surface area contributed by atoms with Gasteiger partial charge in [-0.15, -0.1) is 0 Å². The van der Waals surface area contributed by atoms with Crippen molar-refractivity contribution in [1.82, 2.24) is 0 Å². The molecule has 2 heterocycles. The summed E-state index contributed by atoms with van der Waals surface area (Å²) in [5, 5.41) is 0. The van der Waals surface area contributed by atoms with Crippen molar-refractivity contribution in [3.63, 3.8) is 0 Å². The fourth-order valence-corrected chi connectivity index (χ4v) is 11.5. The van der Waals surface area contributed by atoms with Crippen LogP contribution in [0.15, 0.2) is 140 Å². The summed E-state index contributed by atoms with van der Waals surface area (Å²) >= 11 is 0. The van der Waals surface area contributed by atoms with Gasteiger partial charge in [-0.05, 0) is 155 Å². The molecule has 346 valence electrons. The van der Waals surface area contributed by atoms with Crippen LogP contribution in [-0.2, 0) is 27.1 Å². The van der Waals surface area contributed by atoms with Crippen molar-refractivity contribution in [2.45, 2.75) is 150 Å². The second-order valence-electron chi connectivity index (χ2n) is 25.2. The van der Waals surface area contributed by atoms with Gasteiger partial charge in [0.25, 0.3) is 6.71 Å². The van der Waals surface area contributed by atoms with Crippen LogP contribution in [0.25, 0.3) is 22.3 Å². The van der Waals surface area contributed by atoms with E-state index in [4.69, 9.17) is 0 Å². The highest BCUT2D eigenvalue weighted by Gasteiger charge is 2.47. The van der Waals surface area contributed by atoms with E-state index in [-0.39, 0.29) is 39.7 Å². The Hall–Kier alpha value is -5.80. The van der Waals surface area contributed by atoms with Crippen molar-refractivity contribution in [2.75, 3.05) is 9.80 Å². The molecule has 7 aromatic rings. The first-order valence-electron chi connectivity index (χ1n) is 25.5. The summed E-state index contributed by atoms with van der Waals surface area (Å²) in [7, 11) is 0. The molecule has 0 N–H and O–H groups in total. The zero-order valence-corrected chi connectivity index (χ0v) is 43.7. The minimum absolute atomic E-state index is 0.0122. The van der Waals surface area contributed by atoms with E-state index in [1.807, 2.05) is 0 Å². The summed E-state index contributed by atoms with van der Waals surface area (Å²) in [5.41, 5.74) is 24.9. The van der Waals surface area contributed by atoms with Crippen LogP contribution in [0.3, 0.4) is 0 Å². The molecular weight excluding hydrogens is 820 g/mol. The van der Waals surface area contributed by atoms with Crippen LogP contribution in [0.2, 0.25) is 0 Å². The summed E-state index contributed by atoms with van der Waals surface area (Å²) < 4.78 is 0. The molecule has 10 rings (SSSR count). The molecule has 0 unspecified atom stereocenters. The normalized spacial score (nSPS) is 16.0. The van der Waals surface area contributed by atoms with Gasteiger partial charge in [0.15, 0.2) is 0 Å². The molecule has 68 heavy (non-hydrogen) atoms. The molecule has 2 aliphatic heterocycles. The second-order valence-corrected chi connectivity index (χ2v) is 25.2. The van der Waals surface area contributed by atoms with Crippen molar-refractivity contribution in [1.29, 1.82) is 0 Å². The Kier molecular flexibility index (Phi) is 10.7. The smallest absolute Gasteiger partial charge is 0.252 e. The van der Waals surface area contributed by atoms with Gasteiger partial charge in [0.2, 0.25) is 0 Å². The van der Waals surface area contributed by atoms with Gasteiger partial charge in [0, 0.05) is 39.6 Å². The largest absolute Gasteiger partial charge is 0.311 e. The Labute approximate surface area is 409 Å². The van der Waals surface area contributed by atoms with Gasteiger partial charge in [-0.2, -0.15) is 0 Å². The summed E-state index contributed by atoms with van der Waals surface area (Å²) in [6, 6.07) is 54.8. The molecule has 0 saturated heterocycles. The molecule has 0 radical (unpaired) electrons. The lowest BCUT2D eigenvalue weighted by Gasteiger charge is -2.48. The maximum atomic E-state index is 2.75. The first kappa shape index (κ1) is 46.0. The SMILES string of the molecule is CC(C)c1cc2c3c(c1)N(c1c(-c4ccccc4)cc(C(C)(C)C)cc1-c1ccccc1)c1cc4c(cc1B3c1ccc(C(C)(C)C)cc1N2c1cccc(C(C)(C)C)c1)C(C)(C)CCC4(C)C. The minimum atomic E-state index is -0.0837. The van der Waals surface area contributed by atoms with E-state index < -0.39 is 0 Å². The number of rotatable bonds is 5. The van der Waals surface area contributed by atoms with Crippen LogP contribution in [-0.4, -0.2) is 6.71 Å². The first-order chi connectivity index (χ1) is 31.9. The third-order valence-electron chi connectivity index (χ3n) is 15.9. The molecule has 0 aromatic heterocycles. The summed E-state index contributed by atoms with van der Waals surface area (Å²) in [6.07, 6.45) is 2.31. The molecular formula is C65H73BN2. The van der Waals surface area contributed by atoms with Crippen LogP contribution in [0.5, 0.6) is 0 Å². The van der Waals surface area contributed by atoms with Crippen molar-refractivity contribution in [3.05, 3.63) is 173 Å². The summed E-state index contributed by atoms with van der Waals surface area (Å²) in [6.45, 7) is 35.9. The molecule has 3 aliphatic rings. The van der Waals surface area contributed by atoms with Crippen LogP contribution in [0, 0.1) is 0 Å². The lowest BCUT2D eigenvalue weighted by Crippen LogP contribution is -2.62. The Balaban J connectivity index is 1.42. The maximum Gasteiger partial charge on any atom is 0.252 e. The second kappa shape index (κ2) is 15.9. The maximum absolute atomic E-state index is 2.75. The van der Waals surface area contributed by atoms with E-state index in [1.165, 1.54) is 106 Å². The van der Waals surface area contributed by atoms with Gasteiger partial charge in [-0.1, -0.05) is 195 Å². The molecule has 7 aromatic carbocycles. The molecule has 0 amide bonds. The fraction of sp³-hybridized carbons (Fsp3) is 0.354. The minimum Gasteiger partial charge on any atom is -0.311 e. The van der Waals surface area contributed by atoms with Gasteiger partial charge >= 0.3 is 0 Å². The van der Waals surface area contributed by atoms with Crippen LogP contribution < -0.4 is 26.2 Å². The highest BCUT2D eigenvalue weighted by Crippen LogP contribution is 2.54. The zero-order chi connectivity index (χ0) is 48.5. The number of nitrogens with zero attached hydrogens (tertiary/aromatic N) is 2. The van der Waals surface area contributed by atoms with Crippen LogP contribution in [0.1, 0.15) is 156 Å². The highest BCUT2D eigenvalue weighted by atomic mass is 15.2. The average molecular weight is 893 g/mol. The third kappa shape index (κ3) is 7.64. The number of hydrogen-bond donors (Lipinski definition) is 0. The van der Waals surface area contributed by atoms with E-state index in [2.05, 4.69) is 253 Å². The number of anilines is 6. The van der Waals surface area contributed by atoms with Gasteiger partial charge in [0.1, 0.15) is 0 Å². The lowest BCUT2D eigenvalue weighted by molar-refractivity contribution is 0.332. The van der Waals surface area contributed by atoms with Gasteiger partial charge < -0.3 is 9.80 Å². The zero-order valence-electron chi connectivity index (χ0n) is 43.7. The highest BCUT2D eigenvalue weighted by molar-refractivity contribution is 7.00. The molecule has 0 fully saturated rings. The topological polar surface area (TPSA) is 6.48 Å². The molecule has 2 nitrogen and oxygen atoms in total. The van der Waals surface area contributed by atoms with Gasteiger partial charge in [-0.25, -0.2) is 0 Å². The van der Waals surface area contributed by atoms with E-state index in [9.17, 15) is 0 Å². The molecule has 1 aliphatic carbocycles. The summed E-state index contributed by atoms with van der Waals surface area (Å²) in [4.78, 5) is 5.40. The van der Waals surface area contributed by atoms with Crippen LogP contribution >= 0.6 is 0 Å². The molecule has 0 saturated carbocycles. The molecule has 0 atom stereocenters. The fourth-order valence-electron chi connectivity index (χ4n) is 11.5. The Morgan fingerprint density at radius 2 is 0.956 bits per heavy atom. The first-order valence-corrected chi connectivity index (χ1v) is 25.5. The van der Waals surface area contributed by atoms with Crippen molar-refractivity contribution >= 4 is 57.2 Å². The van der Waals surface area contributed by atoms with E-state index in [1.54, 1.807) is 0 Å². The molecule has 0 spiro atoms. The van der Waals surface area contributed by atoms with Gasteiger partial charge in [-0.3, -0.25) is 0 Å². The van der Waals surface area contributed by atoms with E-state index in [0.29, 0.717) is 0 Å². The lowest BCUT2D eigenvalue weighted by atomic mass is 9.33. The number of fused-ring (bicyclic) bond motifs is 5. The predicted octanol–water partition coefficient (Wildman–Crippen LogP) is 16.5. The van der Waals surface area contributed by atoms with Crippen LogP contribution in [0.4, 0.5) is 34.1 Å². The van der Waals surface area contributed by atoms with Crippen molar-refractivity contribution < 1.29 is 0 Å². The monoisotopic (exact) mass is 893 g/mol. The molecule has 3 heteroatoms. The van der Waals surface area contributed by atoms with E-state index >= 15 is 0 Å².